The molecule has 0 unspecified atom stereocenters. The van der Waals surface area contributed by atoms with Gasteiger partial charge in [0.05, 0.1) is 6.61 Å². The molecule has 0 amide bonds. The fourth-order valence-corrected chi connectivity index (χ4v) is 2.15. The molecule has 2 aromatic carbocycles. The molecule has 21 heavy (non-hydrogen) atoms. The van der Waals surface area contributed by atoms with E-state index >= 15 is 0 Å². The number of aryl methyl sites for hydroxylation is 1. The van der Waals surface area contributed by atoms with Crippen LogP contribution in [0.5, 0.6) is 11.5 Å². The second-order valence-corrected chi connectivity index (χ2v) is 5.68. The lowest BCUT2D eigenvalue weighted by Gasteiger charge is -2.09. The van der Waals surface area contributed by atoms with E-state index in [1.54, 1.807) is 7.11 Å². The van der Waals surface area contributed by atoms with Crippen molar-refractivity contribution in [3.63, 3.8) is 0 Å². The van der Waals surface area contributed by atoms with Gasteiger partial charge in [-0.3, -0.25) is 0 Å². The van der Waals surface area contributed by atoms with Crippen LogP contribution in [0.1, 0.15) is 11.1 Å². The minimum absolute atomic E-state index is 0.726. The van der Waals surface area contributed by atoms with Crippen molar-refractivity contribution in [1.29, 1.82) is 0 Å². The zero-order valence-electron chi connectivity index (χ0n) is 12.4. The molecule has 0 fully saturated rings. The second-order valence-electron chi connectivity index (χ2n) is 4.83. The largest absolute Gasteiger partial charge is 0.457 e. The number of halogens is 1. The van der Waals surface area contributed by atoms with Crippen LogP contribution in [-0.2, 0) is 11.3 Å². The van der Waals surface area contributed by atoms with E-state index < -0.39 is 0 Å². The van der Waals surface area contributed by atoms with Crippen molar-refractivity contribution in [3.8, 4) is 11.5 Å². The van der Waals surface area contributed by atoms with Gasteiger partial charge in [0.2, 0.25) is 0 Å². The minimum atomic E-state index is 0.726. The Balaban J connectivity index is 1.91. The summed E-state index contributed by atoms with van der Waals surface area (Å²) in [4.78, 5) is 0. The monoisotopic (exact) mass is 349 g/mol. The highest BCUT2D eigenvalue weighted by Crippen LogP contribution is 2.26. The zero-order valence-corrected chi connectivity index (χ0v) is 13.9. The van der Waals surface area contributed by atoms with Crippen LogP contribution < -0.4 is 10.1 Å². The molecule has 0 bridgehead atoms. The number of rotatable bonds is 7. The molecular formula is C17H20BrNO2. The number of ether oxygens (including phenoxy) is 2. The van der Waals surface area contributed by atoms with Crippen LogP contribution in [-0.4, -0.2) is 20.3 Å². The predicted octanol–water partition coefficient (Wildman–Crippen LogP) is 4.29. The first-order valence-corrected chi connectivity index (χ1v) is 7.71. The summed E-state index contributed by atoms with van der Waals surface area (Å²) in [5.41, 5.74) is 2.39. The van der Waals surface area contributed by atoms with E-state index in [1.807, 2.05) is 37.3 Å². The lowest BCUT2D eigenvalue weighted by molar-refractivity contribution is 0.199. The summed E-state index contributed by atoms with van der Waals surface area (Å²) in [5, 5.41) is 3.31. The molecule has 2 rings (SSSR count). The molecule has 0 saturated carbocycles. The molecule has 0 aromatic heterocycles. The van der Waals surface area contributed by atoms with Crippen molar-refractivity contribution < 1.29 is 9.47 Å². The normalized spacial score (nSPS) is 10.6. The van der Waals surface area contributed by atoms with E-state index in [0.717, 1.165) is 41.2 Å². The van der Waals surface area contributed by atoms with Gasteiger partial charge >= 0.3 is 0 Å². The Bertz CT molecular complexity index is 570. The van der Waals surface area contributed by atoms with Crippen molar-refractivity contribution >= 4 is 15.9 Å². The topological polar surface area (TPSA) is 30.5 Å². The molecule has 0 aliphatic carbocycles. The van der Waals surface area contributed by atoms with Crippen LogP contribution in [0.3, 0.4) is 0 Å². The van der Waals surface area contributed by atoms with Crippen LogP contribution in [0.4, 0.5) is 0 Å². The van der Waals surface area contributed by atoms with Gasteiger partial charge in [-0.25, -0.2) is 0 Å². The molecule has 2 aromatic rings. The van der Waals surface area contributed by atoms with Gasteiger partial charge in [0.25, 0.3) is 0 Å². The Kier molecular flexibility index (Phi) is 6.23. The van der Waals surface area contributed by atoms with Crippen LogP contribution >= 0.6 is 15.9 Å². The standard InChI is InChI=1S/C17H20BrNO2/c1-13-11-16(7-8-17(13)18)21-15-5-3-14(4-6-15)12-19-9-10-20-2/h3-8,11,19H,9-10,12H2,1-2H3. The molecule has 0 aliphatic rings. The quantitative estimate of drug-likeness (QED) is 0.756. The average Bonchev–Trinajstić information content (AvgIpc) is 2.49. The Morgan fingerprint density at radius 1 is 1.05 bits per heavy atom. The fraction of sp³-hybridized carbons (Fsp3) is 0.294. The molecule has 1 N–H and O–H groups in total. The van der Waals surface area contributed by atoms with Gasteiger partial charge in [-0.15, -0.1) is 0 Å². The van der Waals surface area contributed by atoms with E-state index in [0.29, 0.717) is 0 Å². The Labute approximate surface area is 134 Å². The zero-order chi connectivity index (χ0) is 15.1. The third-order valence-corrected chi connectivity index (χ3v) is 3.99. The summed E-state index contributed by atoms with van der Waals surface area (Å²) in [5.74, 6) is 1.69. The first-order chi connectivity index (χ1) is 10.2. The fourth-order valence-electron chi connectivity index (χ4n) is 1.90. The van der Waals surface area contributed by atoms with E-state index in [-0.39, 0.29) is 0 Å². The molecule has 4 heteroatoms. The van der Waals surface area contributed by atoms with E-state index in [4.69, 9.17) is 9.47 Å². The van der Waals surface area contributed by atoms with E-state index in [1.165, 1.54) is 5.56 Å². The van der Waals surface area contributed by atoms with E-state index in [9.17, 15) is 0 Å². The third-order valence-electron chi connectivity index (χ3n) is 3.10. The maximum atomic E-state index is 5.85. The minimum Gasteiger partial charge on any atom is -0.457 e. The smallest absolute Gasteiger partial charge is 0.127 e. The number of nitrogens with one attached hydrogen (secondary N) is 1. The van der Waals surface area contributed by atoms with Gasteiger partial charge in [0, 0.05) is 24.7 Å². The lowest BCUT2D eigenvalue weighted by atomic mass is 10.2. The number of hydrogen-bond acceptors (Lipinski definition) is 3. The molecule has 0 atom stereocenters. The van der Waals surface area contributed by atoms with Crippen molar-refractivity contribution in [2.45, 2.75) is 13.5 Å². The van der Waals surface area contributed by atoms with Crippen LogP contribution in [0.2, 0.25) is 0 Å². The van der Waals surface area contributed by atoms with Crippen LogP contribution in [0, 0.1) is 6.92 Å². The van der Waals surface area contributed by atoms with Gasteiger partial charge in [-0.1, -0.05) is 28.1 Å². The molecular weight excluding hydrogens is 330 g/mol. The molecule has 0 spiro atoms. The maximum absolute atomic E-state index is 5.85. The number of hydrogen-bond donors (Lipinski definition) is 1. The maximum Gasteiger partial charge on any atom is 0.127 e. The second kappa shape index (κ2) is 8.17. The summed E-state index contributed by atoms with van der Waals surface area (Å²) in [6.07, 6.45) is 0. The Hall–Kier alpha value is -1.36. The summed E-state index contributed by atoms with van der Waals surface area (Å²) < 4.78 is 11.9. The molecule has 0 heterocycles. The Morgan fingerprint density at radius 2 is 1.76 bits per heavy atom. The molecule has 3 nitrogen and oxygen atoms in total. The Morgan fingerprint density at radius 3 is 2.43 bits per heavy atom. The first-order valence-electron chi connectivity index (χ1n) is 6.91. The molecule has 112 valence electrons. The van der Waals surface area contributed by atoms with Gasteiger partial charge in [-0.2, -0.15) is 0 Å². The average molecular weight is 350 g/mol. The first kappa shape index (κ1) is 16.0. The molecule has 0 radical (unpaired) electrons. The van der Waals surface area contributed by atoms with Crippen molar-refractivity contribution in [1.82, 2.24) is 5.32 Å². The highest BCUT2D eigenvalue weighted by molar-refractivity contribution is 9.10. The van der Waals surface area contributed by atoms with Crippen LogP contribution in [0.25, 0.3) is 0 Å². The van der Waals surface area contributed by atoms with Gasteiger partial charge in [0.15, 0.2) is 0 Å². The summed E-state index contributed by atoms with van der Waals surface area (Å²) in [6.45, 7) is 4.46. The van der Waals surface area contributed by atoms with E-state index in [2.05, 4.69) is 33.4 Å². The summed E-state index contributed by atoms with van der Waals surface area (Å²) in [6, 6.07) is 14.1. The predicted molar refractivity (Wildman–Crippen MR) is 89.0 cm³/mol. The van der Waals surface area contributed by atoms with Gasteiger partial charge in [-0.05, 0) is 48.4 Å². The highest BCUT2D eigenvalue weighted by atomic mass is 79.9. The van der Waals surface area contributed by atoms with Crippen molar-refractivity contribution in [2.24, 2.45) is 0 Å². The lowest BCUT2D eigenvalue weighted by Crippen LogP contribution is -2.18. The summed E-state index contributed by atoms with van der Waals surface area (Å²) in [7, 11) is 1.71. The van der Waals surface area contributed by atoms with Crippen LogP contribution in [0.15, 0.2) is 46.9 Å². The number of methoxy groups -OCH3 is 1. The van der Waals surface area contributed by atoms with Gasteiger partial charge in [0.1, 0.15) is 11.5 Å². The molecule has 0 saturated heterocycles. The SMILES string of the molecule is COCCNCc1ccc(Oc2ccc(Br)c(C)c2)cc1. The number of benzene rings is 2. The highest BCUT2D eigenvalue weighted by Gasteiger charge is 2.01. The summed E-state index contributed by atoms with van der Waals surface area (Å²) >= 11 is 3.49. The van der Waals surface area contributed by atoms with Gasteiger partial charge < -0.3 is 14.8 Å². The third kappa shape index (κ3) is 5.16. The van der Waals surface area contributed by atoms with Crippen molar-refractivity contribution in [2.75, 3.05) is 20.3 Å². The molecule has 0 aliphatic heterocycles. The van der Waals surface area contributed by atoms with Crippen molar-refractivity contribution in [3.05, 3.63) is 58.1 Å².